The van der Waals surface area contributed by atoms with Gasteiger partial charge in [0.25, 0.3) is 0 Å². The predicted octanol–water partition coefficient (Wildman–Crippen LogP) is 2.44. The van der Waals surface area contributed by atoms with Crippen LogP contribution in [0.2, 0.25) is 0 Å². The number of thioether (sulfide) groups is 1. The molecule has 0 aliphatic heterocycles. The van der Waals surface area contributed by atoms with Gasteiger partial charge in [-0.25, -0.2) is 0 Å². The van der Waals surface area contributed by atoms with Gasteiger partial charge in [0.15, 0.2) is 0 Å². The third-order valence-corrected chi connectivity index (χ3v) is 3.27. The van der Waals surface area contributed by atoms with Crippen molar-refractivity contribution < 1.29 is 4.79 Å². The van der Waals surface area contributed by atoms with Gasteiger partial charge in [-0.1, -0.05) is 27.7 Å². The molecule has 0 fully saturated rings. The van der Waals surface area contributed by atoms with Gasteiger partial charge in [0.05, 0.1) is 11.9 Å². The van der Waals surface area contributed by atoms with Crippen molar-refractivity contribution in [2.24, 2.45) is 0 Å². The third-order valence-electron chi connectivity index (χ3n) is 2.00. The Morgan fingerprint density at radius 2 is 2.25 bits per heavy atom. The summed E-state index contributed by atoms with van der Waals surface area (Å²) in [6.07, 6.45) is 2.60. The largest absolute Gasteiger partial charge is 0.310 e. The summed E-state index contributed by atoms with van der Waals surface area (Å²) >= 11 is 1.63. The summed E-state index contributed by atoms with van der Waals surface area (Å²) < 4.78 is 0.110. The van der Waals surface area contributed by atoms with Crippen LogP contribution in [-0.2, 0) is 11.2 Å². The molecule has 0 radical (unpaired) electrons. The number of nitrogens with zero attached hydrogens (tertiary/aromatic N) is 1. The van der Waals surface area contributed by atoms with Crippen molar-refractivity contribution in [1.29, 1.82) is 0 Å². The first-order valence-corrected chi connectivity index (χ1v) is 6.37. The van der Waals surface area contributed by atoms with Gasteiger partial charge in [0.2, 0.25) is 5.91 Å². The predicted molar refractivity (Wildman–Crippen MR) is 68.8 cm³/mol. The second kappa shape index (κ2) is 5.39. The molecule has 0 spiro atoms. The van der Waals surface area contributed by atoms with Gasteiger partial charge in [0, 0.05) is 10.3 Å². The number of carbonyl (C=O) groups excluding carboxylic acids is 1. The summed E-state index contributed by atoms with van der Waals surface area (Å²) in [5, 5.41) is 9.54. The van der Waals surface area contributed by atoms with Crippen LogP contribution in [0.25, 0.3) is 0 Å². The zero-order valence-corrected chi connectivity index (χ0v) is 11.1. The highest BCUT2D eigenvalue weighted by molar-refractivity contribution is 8.01. The molecule has 0 unspecified atom stereocenters. The van der Waals surface area contributed by atoms with Crippen LogP contribution in [-0.4, -0.2) is 26.6 Å². The summed E-state index contributed by atoms with van der Waals surface area (Å²) in [6, 6.07) is 0. The maximum Gasteiger partial charge on any atom is 0.235 e. The Morgan fingerprint density at radius 3 is 2.81 bits per heavy atom. The van der Waals surface area contributed by atoms with E-state index in [0.29, 0.717) is 5.75 Å². The molecular weight excluding hydrogens is 222 g/mol. The van der Waals surface area contributed by atoms with Gasteiger partial charge in [-0.05, 0) is 6.42 Å². The van der Waals surface area contributed by atoms with Gasteiger partial charge in [-0.3, -0.25) is 9.89 Å². The lowest BCUT2D eigenvalue weighted by atomic mass is 10.2. The van der Waals surface area contributed by atoms with Crippen molar-refractivity contribution in [3.8, 4) is 0 Å². The van der Waals surface area contributed by atoms with Crippen LogP contribution in [0.15, 0.2) is 6.20 Å². The molecule has 1 rings (SSSR count). The van der Waals surface area contributed by atoms with Crippen molar-refractivity contribution in [1.82, 2.24) is 10.2 Å². The summed E-state index contributed by atoms with van der Waals surface area (Å²) in [7, 11) is 0. The van der Waals surface area contributed by atoms with Crippen molar-refractivity contribution in [2.75, 3.05) is 11.1 Å². The monoisotopic (exact) mass is 241 g/mol. The number of aromatic nitrogens is 2. The molecule has 0 saturated heterocycles. The van der Waals surface area contributed by atoms with E-state index in [1.807, 2.05) is 6.92 Å². The number of aryl methyl sites for hydroxylation is 1. The van der Waals surface area contributed by atoms with Crippen LogP contribution >= 0.6 is 11.8 Å². The molecule has 0 aromatic carbocycles. The first kappa shape index (κ1) is 13.1. The first-order chi connectivity index (χ1) is 7.42. The zero-order valence-electron chi connectivity index (χ0n) is 10.3. The average molecular weight is 241 g/mol. The highest BCUT2D eigenvalue weighted by Gasteiger charge is 2.14. The molecule has 0 saturated carbocycles. The van der Waals surface area contributed by atoms with Gasteiger partial charge >= 0.3 is 0 Å². The highest BCUT2D eigenvalue weighted by atomic mass is 32.2. The second-order valence-corrected chi connectivity index (χ2v) is 6.38. The van der Waals surface area contributed by atoms with E-state index in [-0.39, 0.29) is 10.7 Å². The number of hydrogen-bond donors (Lipinski definition) is 2. The average Bonchev–Trinajstić information content (AvgIpc) is 2.61. The molecule has 4 nitrogen and oxygen atoms in total. The van der Waals surface area contributed by atoms with Gasteiger partial charge in [-0.15, -0.1) is 11.8 Å². The maximum absolute atomic E-state index is 11.6. The lowest BCUT2D eigenvalue weighted by Gasteiger charge is -2.16. The summed E-state index contributed by atoms with van der Waals surface area (Å²) in [4.78, 5) is 11.6. The van der Waals surface area contributed by atoms with Crippen molar-refractivity contribution >= 4 is 23.5 Å². The first-order valence-electron chi connectivity index (χ1n) is 5.38. The minimum Gasteiger partial charge on any atom is -0.310 e. The van der Waals surface area contributed by atoms with Gasteiger partial charge in [0.1, 0.15) is 5.82 Å². The number of amides is 1. The number of anilines is 1. The molecule has 0 atom stereocenters. The van der Waals surface area contributed by atoms with Crippen LogP contribution < -0.4 is 5.32 Å². The molecule has 5 heteroatoms. The normalized spacial score (nSPS) is 11.5. The summed E-state index contributed by atoms with van der Waals surface area (Å²) in [5.74, 6) is 1.20. The number of hydrogen-bond acceptors (Lipinski definition) is 3. The minimum atomic E-state index is 0.0128. The molecule has 1 aromatic rings. The Morgan fingerprint density at radius 1 is 1.56 bits per heavy atom. The Kier molecular flexibility index (Phi) is 4.41. The van der Waals surface area contributed by atoms with E-state index in [4.69, 9.17) is 0 Å². The number of H-pyrrole nitrogens is 1. The number of carbonyl (C=O) groups is 1. The molecule has 16 heavy (non-hydrogen) atoms. The standard InChI is InChI=1S/C11H19N3OS/c1-5-8-6-12-14-10(8)13-9(15)7-16-11(2,3)4/h6H,5,7H2,1-4H3,(H2,12,13,14,15). The van der Waals surface area contributed by atoms with Crippen molar-refractivity contribution in [2.45, 2.75) is 38.9 Å². The lowest BCUT2D eigenvalue weighted by Crippen LogP contribution is -2.19. The highest BCUT2D eigenvalue weighted by Crippen LogP contribution is 2.23. The Bertz CT molecular complexity index is 354. The lowest BCUT2D eigenvalue weighted by molar-refractivity contribution is -0.113. The third kappa shape index (κ3) is 4.26. The van der Waals surface area contributed by atoms with Crippen LogP contribution in [0.4, 0.5) is 5.82 Å². The number of nitrogens with one attached hydrogen (secondary N) is 2. The molecule has 1 aromatic heterocycles. The molecule has 90 valence electrons. The summed E-state index contributed by atoms with van der Waals surface area (Å²) in [6.45, 7) is 8.32. The zero-order chi connectivity index (χ0) is 12.2. The topological polar surface area (TPSA) is 57.8 Å². The van der Waals surface area contributed by atoms with E-state index >= 15 is 0 Å². The summed E-state index contributed by atoms with van der Waals surface area (Å²) in [5.41, 5.74) is 1.04. The van der Waals surface area contributed by atoms with Crippen molar-refractivity contribution in [3.05, 3.63) is 11.8 Å². The molecule has 2 N–H and O–H groups in total. The fraction of sp³-hybridized carbons (Fsp3) is 0.636. The Labute approximate surface area is 101 Å². The van der Waals surface area contributed by atoms with Crippen LogP contribution in [0.3, 0.4) is 0 Å². The van der Waals surface area contributed by atoms with Gasteiger partial charge in [-0.2, -0.15) is 5.10 Å². The Balaban J connectivity index is 2.46. The fourth-order valence-corrected chi connectivity index (χ4v) is 1.78. The van der Waals surface area contributed by atoms with E-state index in [2.05, 4.69) is 36.3 Å². The molecule has 1 amide bonds. The SMILES string of the molecule is CCc1cn[nH]c1NC(=O)CSC(C)(C)C. The van der Waals surface area contributed by atoms with E-state index in [1.54, 1.807) is 18.0 Å². The maximum atomic E-state index is 11.6. The molecule has 0 aliphatic carbocycles. The molecule has 0 bridgehead atoms. The number of aromatic amines is 1. The van der Waals surface area contributed by atoms with Crippen LogP contribution in [0.1, 0.15) is 33.3 Å². The van der Waals surface area contributed by atoms with E-state index in [0.717, 1.165) is 17.8 Å². The molecule has 0 aliphatic rings. The van der Waals surface area contributed by atoms with E-state index in [1.165, 1.54) is 0 Å². The molecule has 1 heterocycles. The van der Waals surface area contributed by atoms with E-state index < -0.39 is 0 Å². The fourth-order valence-electron chi connectivity index (χ4n) is 1.14. The van der Waals surface area contributed by atoms with Crippen LogP contribution in [0, 0.1) is 0 Å². The quantitative estimate of drug-likeness (QED) is 0.851. The smallest absolute Gasteiger partial charge is 0.235 e. The van der Waals surface area contributed by atoms with Crippen molar-refractivity contribution in [3.63, 3.8) is 0 Å². The minimum absolute atomic E-state index is 0.0128. The Hall–Kier alpha value is -0.970. The van der Waals surface area contributed by atoms with Crippen LogP contribution in [0.5, 0.6) is 0 Å². The van der Waals surface area contributed by atoms with E-state index in [9.17, 15) is 4.79 Å². The number of rotatable bonds is 4. The molecular formula is C11H19N3OS. The van der Waals surface area contributed by atoms with Gasteiger partial charge < -0.3 is 5.32 Å². The second-order valence-electron chi connectivity index (χ2n) is 4.57.